The van der Waals surface area contributed by atoms with Crippen molar-refractivity contribution in [2.75, 3.05) is 24.5 Å². The standard InChI is InChI=1S/C13H16ClN3O2/c1-8-10-6-15-5-9(10)7-16(8)12-4-2-3-11(14)13(12)17(18)19/h2-4,8-10,15H,5-7H2,1H3. The predicted octanol–water partition coefficient (Wildman–Crippen LogP) is 2.29. The number of benzene rings is 1. The third-order valence-corrected chi connectivity index (χ3v) is 4.70. The maximum atomic E-state index is 11.2. The smallest absolute Gasteiger partial charge is 0.310 e. The van der Waals surface area contributed by atoms with Crippen LogP contribution in [0.25, 0.3) is 0 Å². The summed E-state index contributed by atoms with van der Waals surface area (Å²) in [7, 11) is 0. The van der Waals surface area contributed by atoms with E-state index in [9.17, 15) is 10.1 Å². The minimum atomic E-state index is -0.378. The lowest BCUT2D eigenvalue weighted by molar-refractivity contribution is -0.384. The van der Waals surface area contributed by atoms with Crippen molar-refractivity contribution in [3.8, 4) is 0 Å². The highest BCUT2D eigenvalue weighted by Crippen LogP contribution is 2.42. The van der Waals surface area contributed by atoms with E-state index in [1.54, 1.807) is 18.2 Å². The molecule has 2 heterocycles. The third kappa shape index (κ3) is 1.97. The molecule has 102 valence electrons. The molecule has 5 nitrogen and oxygen atoms in total. The number of nitro benzene ring substituents is 1. The number of halogens is 1. The van der Waals surface area contributed by atoms with E-state index in [2.05, 4.69) is 17.1 Å². The van der Waals surface area contributed by atoms with Crippen molar-refractivity contribution in [3.63, 3.8) is 0 Å². The third-order valence-electron chi connectivity index (χ3n) is 4.39. The minimum Gasteiger partial charge on any atom is -0.363 e. The van der Waals surface area contributed by atoms with E-state index in [1.165, 1.54) is 0 Å². The van der Waals surface area contributed by atoms with E-state index in [1.807, 2.05) is 0 Å². The average Bonchev–Trinajstić information content (AvgIpc) is 2.92. The summed E-state index contributed by atoms with van der Waals surface area (Å²) < 4.78 is 0. The number of hydrogen-bond donors (Lipinski definition) is 1. The van der Waals surface area contributed by atoms with Crippen LogP contribution in [-0.4, -0.2) is 30.6 Å². The summed E-state index contributed by atoms with van der Waals surface area (Å²) >= 11 is 5.99. The minimum absolute atomic E-state index is 0.0314. The van der Waals surface area contributed by atoms with E-state index in [-0.39, 0.29) is 15.6 Å². The van der Waals surface area contributed by atoms with Gasteiger partial charge in [0.1, 0.15) is 10.7 Å². The van der Waals surface area contributed by atoms with Gasteiger partial charge in [0, 0.05) is 25.7 Å². The van der Waals surface area contributed by atoms with Crippen molar-refractivity contribution >= 4 is 23.0 Å². The maximum Gasteiger partial charge on any atom is 0.310 e. The molecule has 1 aromatic rings. The monoisotopic (exact) mass is 281 g/mol. The fraction of sp³-hybridized carbons (Fsp3) is 0.538. The maximum absolute atomic E-state index is 11.2. The van der Waals surface area contributed by atoms with E-state index in [0.29, 0.717) is 23.6 Å². The van der Waals surface area contributed by atoms with Gasteiger partial charge >= 0.3 is 5.69 Å². The van der Waals surface area contributed by atoms with Crippen molar-refractivity contribution in [2.24, 2.45) is 11.8 Å². The van der Waals surface area contributed by atoms with Gasteiger partial charge in [0.15, 0.2) is 0 Å². The van der Waals surface area contributed by atoms with Gasteiger partial charge in [0.25, 0.3) is 0 Å². The first-order valence-electron chi connectivity index (χ1n) is 6.50. The normalized spacial score (nSPS) is 29.6. The van der Waals surface area contributed by atoms with Crippen LogP contribution in [0.2, 0.25) is 5.02 Å². The Bertz CT molecular complexity index is 523. The quantitative estimate of drug-likeness (QED) is 0.667. The molecular formula is C13H16ClN3O2. The van der Waals surface area contributed by atoms with Crippen LogP contribution in [-0.2, 0) is 0 Å². The highest BCUT2D eigenvalue weighted by atomic mass is 35.5. The van der Waals surface area contributed by atoms with Gasteiger partial charge in [-0.3, -0.25) is 10.1 Å². The second kappa shape index (κ2) is 4.65. The molecule has 2 aliphatic rings. The Morgan fingerprint density at radius 3 is 2.95 bits per heavy atom. The second-order valence-corrected chi connectivity index (χ2v) is 5.75. The number of anilines is 1. The summed E-state index contributed by atoms with van der Waals surface area (Å²) in [5, 5.41) is 14.8. The lowest BCUT2D eigenvalue weighted by atomic mass is 9.95. The summed E-state index contributed by atoms with van der Waals surface area (Å²) in [6, 6.07) is 5.46. The van der Waals surface area contributed by atoms with Gasteiger partial charge in [-0.2, -0.15) is 0 Å². The summed E-state index contributed by atoms with van der Waals surface area (Å²) in [4.78, 5) is 13.0. The molecule has 0 radical (unpaired) electrons. The Balaban J connectivity index is 1.99. The summed E-state index contributed by atoms with van der Waals surface area (Å²) in [6.07, 6.45) is 0. The molecule has 0 saturated carbocycles. The Morgan fingerprint density at radius 1 is 1.47 bits per heavy atom. The van der Waals surface area contributed by atoms with E-state index < -0.39 is 0 Å². The van der Waals surface area contributed by atoms with Gasteiger partial charge in [-0.1, -0.05) is 17.7 Å². The zero-order valence-electron chi connectivity index (χ0n) is 10.7. The van der Waals surface area contributed by atoms with Crippen LogP contribution >= 0.6 is 11.6 Å². The first-order chi connectivity index (χ1) is 9.09. The first kappa shape index (κ1) is 12.7. The van der Waals surface area contributed by atoms with Crippen molar-refractivity contribution in [1.29, 1.82) is 0 Å². The van der Waals surface area contributed by atoms with Crippen molar-refractivity contribution < 1.29 is 4.92 Å². The molecule has 0 aromatic heterocycles. The molecule has 0 aliphatic carbocycles. The molecular weight excluding hydrogens is 266 g/mol. The Hall–Kier alpha value is -1.33. The van der Waals surface area contributed by atoms with Crippen LogP contribution in [0.1, 0.15) is 6.92 Å². The highest BCUT2D eigenvalue weighted by Gasteiger charge is 2.43. The number of nitrogens with one attached hydrogen (secondary N) is 1. The number of hydrogen-bond acceptors (Lipinski definition) is 4. The molecule has 2 aliphatic heterocycles. The predicted molar refractivity (Wildman–Crippen MR) is 74.8 cm³/mol. The van der Waals surface area contributed by atoms with Crippen LogP contribution in [0.4, 0.5) is 11.4 Å². The van der Waals surface area contributed by atoms with Gasteiger partial charge in [0.2, 0.25) is 0 Å². The lowest BCUT2D eigenvalue weighted by Crippen LogP contribution is -2.33. The Labute approximate surface area is 116 Å². The van der Waals surface area contributed by atoms with Crippen LogP contribution in [0, 0.1) is 22.0 Å². The van der Waals surface area contributed by atoms with E-state index >= 15 is 0 Å². The number of nitro groups is 1. The molecule has 0 amide bonds. The molecule has 3 rings (SSSR count). The zero-order chi connectivity index (χ0) is 13.6. The molecule has 0 bridgehead atoms. The fourth-order valence-electron chi connectivity index (χ4n) is 3.40. The van der Waals surface area contributed by atoms with Gasteiger partial charge in [-0.05, 0) is 30.9 Å². The Morgan fingerprint density at radius 2 is 2.26 bits per heavy atom. The summed E-state index contributed by atoms with van der Waals surface area (Å²) in [5.74, 6) is 1.15. The fourth-order valence-corrected chi connectivity index (χ4v) is 3.64. The molecule has 1 N–H and O–H groups in total. The van der Waals surface area contributed by atoms with Gasteiger partial charge in [-0.25, -0.2) is 0 Å². The van der Waals surface area contributed by atoms with E-state index in [0.717, 1.165) is 19.6 Å². The number of para-hydroxylation sites is 1. The molecule has 1 aromatic carbocycles. The number of fused-ring (bicyclic) bond motifs is 1. The van der Waals surface area contributed by atoms with Crippen LogP contribution in [0.15, 0.2) is 18.2 Å². The van der Waals surface area contributed by atoms with Crippen molar-refractivity contribution in [1.82, 2.24) is 5.32 Å². The van der Waals surface area contributed by atoms with Crippen LogP contribution < -0.4 is 10.2 Å². The largest absolute Gasteiger partial charge is 0.363 e. The first-order valence-corrected chi connectivity index (χ1v) is 6.87. The molecule has 3 atom stereocenters. The highest BCUT2D eigenvalue weighted by molar-refractivity contribution is 6.33. The molecule has 2 fully saturated rings. The van der Waals surface area contributed by atoms with Crippen molar-refractivity contribution in [3.05, 3.63) is 33.3 Å². The zero-order valence-corrected chi connectivity index (χ0v) is 11.4. The summed E-state index contributed by atoms with van der Waals surface area (Å²) in [6.45, 7) is 5.00. The van der Waals surface area contributed by atoms with Crippen LogP contribution in [0.5, 0.6) is 0 Å². The number of nitrogens with zero attached hydrogens (tertiary/aromatic N) is 2. The Kier molecular flexibility index (Phi) is 3.11. The molecule has 3 unspecified atom stereocenters. The topological polar surface area (TPSA) is 58.4 Å². The van der Waals surface area contributed by atoms with E-state index in [4.69, 9.17) is 11.6 Å². The molecule has 6 heteroatoms. The van der Waals surface area contributed by atoms with Gasteiger partial charge in [0.05, 0.1) is 4.92 Å². The second-order valence-electron chi connectivity index (χ2n) is 5.34. The molecule has 2 saturated heterocycles. The van der Waals surface area contributed by atoms with Crippen molar-refractivity contribution in [2.45, 2.75) is 13.0 Å². The number of rotatable bonds is 2. The lowest BCUT2D eigenvalue weighted by Gasteiger charge is -2.26. The van der Waals surface area contributed by atoms with Crippen LogP contribution in [0.3, 0.4) is 0 Å². The van der Waals surface area contributed by atoms with Gasteiger partial charge < -0.3 is 10.2 Å². The molecule has 19 heavy (non-hydrogen) atoms. The SMILES string of the molecule is CC1C2CNCC2CN1c1cccc(Cl)c1[N+](=O)[O-]. The molecule has 0 spiro atoms. The van der Waals surface area contributed by atoms with Gasteiger partial charge in [-0.15, -0.1) is 0 Å². The summed E-state index contributed by atoms with van der Waals surface area (Å²) in [5.41, 5.74) is 0.684. The average molecular weight is 282 g/mol.